The van der Waals surface area contributed by atoms with Gasteiger partial charge in [0.2, 0.25) is 5.91 Å². The van der Waals surface area contributed by atoms with Crippen molar-refractivity contribution < 1.29 is 14.3 Å². The molecule has 0 aromatic heterocycles. The van der Waals surface area contributed by atoms with Crippen LogP contribution in [-0.4, -0.2) is 36.5 Å². The summed E-state index contributed by atoms with van der Waals surface area (Å²) in [4.78, 5) is 26.8. The largest absolute Gasteiger partial charge is 0.378 e. The maximum absolute atomic E-state index is 12.6. The molecule has 2 aromatic rings. The standard InChI is InChI=1S/C24H30N2O3/c1-18(26(2)23(27)15-14-22-13-6-7-16-29-22)20-11-8-12-21(17-20)25-24(28)19-9-4-3-5-10-19/h3-5,8-12,17-18,22H,6-7,13-16H2,1-2H3,(H,25,28)/t18-,22-/m0/s1. The minimum atomic E-state index is -0.146. The van der Waals surface area contributed by atoms with E-state index in [4.69, 9.17) is 4.74 Å². The summed E-state index contributed by atoms with van der Waals surface area (Å²) < 4.78 is 5.73. The van der Waals surface area contributed by atoms with Crippen molar-refractivity contribution in [3.05, 3.63) is 65.7 Å². The smallest absolute Gasteiger partial charge is 0.255 e. The molecule has 0 saturated carbocycles. The van der Waals surface area contributed by atoms with Gasteiger partial charge in [-0.2, -0.15) is 0 Å². The highest BCUT2D eigenvalue weighted by Crippen LogP contribution is 2.24. The van der Waals surface area contributed by atoms with Crippen LogP contribution in [0, 0.1) is 0 Å². The Labute approximate surface area is 173 Å². The van der Waals surface area contributed by atoms with Crippen molar-refractivity contribution in [2.75, 3.05) is 19.0 Å². The van der Waals surface area contributed by atoms with Crippen molar-refractivity contribution in [1.29, 1.82) is 0 Å². The highest BCUT2D eigenvalue weighted by atomic mass is 16.5. The third-order valence-corrected chi connectivity index (χ3v) is 5.59. The molecule has 0 unspecified atom stereocenters. The van der Waals surface area contributed by atoms with Gasteiger partial charge in [0.25, 0.3) is 5.91 Å². The molecule has 2 amide bonds. The predicted octanol–water partition coefficient (Wildman–Crippen LogP) is 4.81. The lowest BCUT2D eigenvalue weighted by atomic mass is 10.0. The van der Waals surface area contributed by atoms with Crippen molar-refractivity contribution >= 4 is 17.5 Å². The number of amides is 2. The molecule has 1 saturated heterocycles. The number of carbonyl (C=O) groups excluding carboxylic acids is 2. The Morgan fingerprint density at radius 2 is 1.93 bits per heavy atom. The van der Waals surface area contributed by atoms with Gasteiger partial charge in [0.05, 0.1) is 12.1 Å². The Balaban J connectivity index is 1.58. The third-order valence-electron chi connectivity index (χ3n) is 5.59. The maximum atomic E-state index is 12.6. The van der Waals surface area contributed by atoms with Gasteiger partial charge in [-0.05, 0) is 62.4 Å². The van der Waals surface area contributed by atoms with Gasteiger partial charge in [0.1, 0.15) is 0 Å². The first kappa shape index (κ1) is 21.1. The summed E-state index contributed by atoms with van der Waals surface area (Å²) in [7, 11) is 1.84. The Morgan fingerprint density at radius 3 is 2.66 bits per heavy atom. The average Bonchev–Trinajstić information content (AvgIpc) is 2.78. The normalized spacial score (nSPS) is 17.4. The van der Waals surface area contributed by atoms with E-state index in [0.29, 0.717) is 12.0 Å². The van der Waals surface area contributed by atoms with Crippen molar-refractivity contribution in [2.24, 2.45) is 0 Å². The van der Waals surface area contributed by atoms with E-state index in [0.717, 1.165) is 37.1 Å². The molecule has 0 radical (unpaired) electrons. The number of ether oxygens (including phenoxy) is 1. The highest BCUT2D eigenvalue weighted by Gasteiger charge is 2.21. The van der Waals surface area contributed by atoms with E-state index in [9.17, 15) is 9.59 Å². The van der Waals surface area contributed by atoms with Crippen LogP contribution < -0.4 is 5.32 Å². The van der Waals surface area contributed by atoms with Crippen molar-refractivity contribution in [3.63, 3.8) is 0 Å². The number of hydrogen-bond donors (Lipinski definition) is 1. The first-order chi connectivity index (χ1) is 14.0. The van der Waals surface area contributed by atoms with E-state index < -0.39 is 0 Å². The van der Waals surface area contributed by atoms with Gasteiger partial charge in [-0.25, -0.2) is 0 Å². The van der Waals surface area contributed by atoms with Crippen LogP contribution in [0.1, 0.15) is 61.0 Å². The van der Waals surface area contributed by atoms with Crippen LogP contribution in [0.4, 0.5) is 5.69 Å². The number of anilines is 1. The molecule has 5 nitrogen and oxygen atoms in total. The molecule has 1 fully saturated rings. The number of rotatable bonds is 7. The molecule has 1 N–H and O–H groups in total. The molecule has 29 heavy (non-hydrogen) atoms. The molecule has 1 heterocycles. The predicted molar refractivity (Wildman–Crippen MR) is 115 cm³/mol. The molecule has 1 aliphatic rings. The Kier molecular flexibility index (Phi) is 7.42. The van der Waals surface area contributed by atoms with Gasteiger partial charge in [-0.1, -0.05) is 30.3 Å². The van der Waals surface area contributed by atoms with E-state index in [1.54, 1.807) is 17.0 Å². The minimum Gasteiger partial charge on any atom is -0.378 e. The zero-order valence-corrected chi connectivity index (χ0v) is 17.3. The monoisotopic (exact) mass is 394 g/mol. The fourth-order valence-corrected chi connectivity index (χ4v) is 3.60. The summed E-state index contributed by atoms with van der Waals surface area (Å²) in [5, 5.41) is 2.93. The molecule has 3 rings (SSSR count). The second-order valence-corrected chi connectivity index (χ2v) is 7.65. The fourth-order valence-electron chi connectivity index (χ4n) is 3.60. The van der Waals surface area contributed by atoms with Crippen molar-refractivity contribution in [2.45, 2.75) is 51.2 Å². The molecule has 0 spiro atoms. The average molecular weight is 395 g/mol. The first-order valence-electron chi connectivity index (χ1n) is 10.4. The fraction of sp³-hybridized carbons (Fsp3) is 0.417. The number of carbonyl (C=O) groups is 2. The van der Waals surface area contributed by atoms with Crippen molar-refractivity contribution in [3.8, 4) is 0 Å². The van der Waals surface area contributed by atoms with Crippen molar-refractivity contribution in [1.82, 2.24) is 4.90 Å². The second kappa shape index (κ2) is 10.2. The Morgan fingerprint density at radius 1 is 1.14 bits per heavy atom. The van der Waals surface area contributed by atoms with Crippen LogP contribution in [0.5, 0.6) is 0 Å². The summed E-state index contributed by atoms with van der Waals surface area (Å²) >= 11 is 0. The molecule has 2 aromatic carbocycles. The van der Waals surface area contributed by atoms with Crippen LogP contribution >= 0.6 is 0 Å². The van der Waals surface area contributed by atoms with Gasteiger partial charge in [-0.3, -0.25) is 9.59 Å². The van der Waals surface area contributed by atoms with Crippen LogP contribution in [0.15, 0.2) is 54.6 Å². The minimum absolute atomic E-state index is 0.0802. The Hall–Kier alpha value is -2.66. The Bertz CT molecular complexity index is 816. The van der Waals surface area contributed by atoms with Gasteiger partial charge in [-0.15, -0.1) is 0 Å². The molecule has 154 valence electrons. The number of hydrogen-bond acceptors (Lipinski definition) is 3. The van der Waals surface area contributed by atoms with E-state index >= 15 is 0 Å². The number of nitrogens with one attached hydrogen (secondary N) is 1. The highest BCUT2D eigenvalue weighted by molar-refractivity contribution is 6.04. The molecule has 0 bridgehead atoms. The molecular formula is C24H30N2O3. The maximum Gasteiger partial charge on any atom is 0.255 e. The van der Waals surface area contributed by atoms with Crippen LogP contribution in [0.2, 0.25) is 0 Å². The molecule has 2 atom stereocenters. The zero-order chi connectivity index (χ0) is 20.6. The number of benzene rings is 2. The second-order valence-electron chi connectivity index (χ2n) is 7.65. The summed E-state index contributed by atoms with van der Waals surface area (Å²) in [5.41, 5.74) is 2.32. The zero-order valence-electron chi connectivity index (χ0n) is 17.3. The topological polar surface area (TPSA) is 58.6 Å². The lowest BCUT2D eigenvalue weighted by molar-refractivity contribution is -0.132. The SMILES string of the molecule is C[C@@H](c1cccc(NC(=O)c2ccccc2)c1)N(C)C(=O)CC[C@@H]1CCCCO1. The molecule has 1 aliphatic heterocycles. The molecular weight excluding hydrogens is 364 g/mol. The van der Waals surface area contributed by atoms with Gasteiger partial charge in [0, 0.05) is 31.3 Å². The van der Waals surface area contributed by atoms with Crippen LogP contribution in [0.25, 0.3) is 0 Å². The van der Waals surface area contributed by atoms with Crippen LogP contribution in [-0.2, 0) is 9.53 Å². The summed E-state index contributed by atoms with van der Waals surface area (Å²) in [6.07, 6.45) is 4.85. The van der Waals surface area contributed by atoms with Crippen LogP contribution in [0.3, 0.4) is 0 Å². The first-order valence-corrected chi connectivity index (χ1v) is 10.4. The van der Waals surface area contributed by atoms with E-state index in [1.165, 1.54) is 6.42 Å². The lowest BCUT2D eigenvalue weighted by Crippen LogP contribution is -2.31. The third kappa shape index (κ3) is 5.91. The van der Waals surface area contributed by atoms with Gasteiger partial charge in [0.15, 0.2) is 0 Å². The van der Waals surface area contributed by atoms with Gasteiger partial charge < -0.3 is 15.0 Å². The summed E-state index contributed by atoms with van der Waals surface area (Å²) in [6.45, 7) is 2.82. The summed E-state index contributed by atoms with van der Waals surface area (Å²) in [6, 6.07) is 16.7. The van der Waals surface area contributed by atoms with Gasteiger partial charge >= 0.3 is 0 Å². The van der Waals surface area contributed by atoms with E-state index in [-0.39, 0.29) is 24.0 Å². The number of nitrogens with zero attached hydrogens (tertiary/aromatic N) is 1. The summed E-state index contributed by atoms with van der Waals surface area (Å²) in [5.74, 6) is -0.0299. The van der Waals surface area contributed by atoms with E-state index in [1.807, 2.05) is 56.4 Å². The molecule has 5 heteroatoms. The molecule has 0 aliphatic carbocycles. The lowest BCUT2D eigenvalue weighted by Gasteiger charge is -2.27. The quantitative estimate of drug-likeness (QED) is 0.733. The van der Waals surface area contributed by atoms with E-state index in [2.05, 4.69) is 5.32 Å².